The van der Waals surface area contributed by atoms with Crippen molar-refractivity contribution < 1.29 is 0 Å². The molecule has 0 bridgehead atoms. The van der Waals surface area contributed by atoms with Crippen molar-refractivity contribution in [3.63, 3.8) is 0 Å². The maximum Gasteiger partial charge on any atom is 0.101 e. The first kappa shape index (κ1) is 28.8. The molecule has 7 aromatic carbocycles. The molecule has 9 rings (SSSR count). The van der Waals surface area contributed by atoms with E-state index in [2.05, 4.69) is 81.9 Å². The van der Waals surface area contributed by atoms with Crippen LogP contribution in [0.5, 0.6) is 0 Å². The van der Waals surface area contributed by atoms with Crippen LogP contribution in [0.25, 0.3) is 77.2 Å². The van der Waals surface area contributed by atoms with E-state index in [9.17, 15) is 15.8 Å². The maximum atomic E-state index is 10.6. The molecule has 0 atom stereocenters. The number of benzene rings is 7. The summed E-state index contributed by atoms with van der Waals surface area (Å²) in [6, 6.07) is 57.7. The van der Waals surface area contributed by atoms with E-state index in [1.165, 1.54) is 0 Å². The molecule has 0 aliphatic rings. The standard InChI is InChI=1S/C45H25N5/c46-26-29-20-22-43-38(24-29)34-14-5-7-19-41(34)50(43)45-32(28-48)11-9-17-37(45)36-16-8-10-31(27-47)44(36)30-21-23-42-39(25-30)35-15-4-6-18-40(35)49(42)33-12-2-1-3-13-33/h1-25H. The van der Waals surface area contributed by atoms with E-state index in [1.807, 2.05) is 97.1 Å². The SMILES string of the molecule is N#Cc1ccc2c(c1)c1ccccc1n2-c1c(C#N)cccc1-c1cccc(C#N)c1-c1ccc2c(c1)c1ccccc1n2-c1ccccc1. The highest BCUT2D eigenvalue weighted by Gasteiger charge is 2.23. The van der Waals surface area contributed by atoms with Crippen LogP contribution in [-0.2, 0) is 0 Å². The van der Waals surface area contributed by atoms with Crippen LogP contribution in [0, 0.1) is 34.0 Å². The van der Waals surface area contributed by atoms with Crippen molar-refractivity contribution in [3.8, 4) is 51.8 Å². The molecule has 0 fully saturated rings. The third kappa shape index (κ3) is 4.24. The molecule has 0 amide bonds. The van der Waals surface area contributed by atoms with Gasteiger partial charge in [-0.2, -0.15) is 15.8 Å². The van der Waals surface area contributed by atoms with Crippen molar-refractivity contribution in [3.05, 3.63) is 168 Å². The number of para-hydroxylation sites is 4. The summed E-state index contributed by atoms with van der Waals surface area (Å²) in [6.07, 6.45) is 0. The molecule has 0 aliphatic carbocycles. The van der Waals surface area contributed by atoms with E-state index >= 15 is 0 Å². The summed E-state index contributed by atoms with van der Waals surface area (Å²) in [5.74, 6) is 0. The van der Waals surface area contributed by atoms with Crippen LogP contribution in [0.2, 0.25) is 0 Å². The lowest BCUT2D eigenvalue weighted by atomic mass is 9.88. The van der Waals surface area contributed by atoms with Gasteiger partial charge in [-0.1, -0.05) is 84.9 Å². The number of rotatable bonds is 4. The minimum Gasteiger partial charge on any atom is -0.309 e. The number of aromatic nitrogens is 2. The van der Waals surface area contributed by atoms with Gasteiger partial charge < -0.3 is 9.13 Å². The second-order valence-electron chi connectivity index (χ2n) is 12.3. The van der Waals surface area contributed by atoms with Gasteiger partial charge in [0, 0.05) is 38.4 Å². The second kappa shape index (κ2) is 11.4. The van der Waals surface area contributed by atoms with E-state index in [-0.39, 0.29) is 0 Å². The smallest absolute Gasteiger partial charge is 0.101 e. The zero-order valence-corrected chi connectivity index (χ0v) is 26.7. The molecule has 2 heterocycles. The molecule has 0 N–H and O–H groups in total. The van der Waals surface area contributed by atoms with Crippen LogP contribution in [0.4, 0.5) is 0 Å². The van der Waals surface area contributed by atoms with Gasteiger partial charge in [-0.3, -0.25) is 0 Å². The average Bonchev–Trinajstić information content (AvgIpc) is 3.69. The predicted molar refractivity (Wildman–Crippen MR) is 200 cm³/mol. The van der Waals surface area contributed by atoms with E-state index in [0.29, 0.717) is 16.7 Å². The molecule has 0 aliphatic heterocycles. The van der Waals surface area contributed by atoms with Crippen molar-refractivity contribution in [1.29, 1.82) is 15.8 Å². The Morgan fingerprint density at radius 2 is 0.980 bits per heavy atom. The van der Waals surface area contributed by atoms with E-state index < -0.39 is 0 Å². The molecule has 0 radical (unpaired) electrons. The fourth-order valence-corrected chi connectivity index (χ4v) is 7.54. The first-order valence-electron chi connectivity index (χ1n) is 16.3. The van der Waals surface area contributed by atoms with Crippen LogP contribution in [0.15, 0.2) is 152 Å². The first-order valence-corrected chi connectivity index (χ1v) is 16.3. The van der Waals surface area contributed by atoms with Crippen molar-refractivity contribution in [1.82, 2.24) is 9.13 Å². The molecule has 230 valence electrons. The largest absolute Gasteiger partial charge is 0.309 e. The topological polar surface area (TPSA) is 81.2 Å². The quantitative estimate of drug-likeness (QED) is 0.193. The van der Waals surface area contributed by atoms with E-state index in [0.717, 1.165) is 77.2 Å². The highest BCUT2D eigenvalue weighted by atomic mass is 15.0. The molecule has 5 nitrogen and oxygen atoms in total. The van der Waals surface area contributed by atoms with Crippen molar-refractivity contribution in [2.75, 3.05) is 0 Å². The third-order valence-corrected chi connectivity index (χ3v) is 9.63. The lowest BCUT2D eigenvalue weighted by Gasteiger charge is -2.19. The molecular weight excluding hydrogens is 611 g/mol. The zero-order valence-electron chi connectivity index (χ0n) is 26.7. The van der Waals surface area contributed by atoms with Crippen molar-refractivity contribution in [2.45, 2.75) is 0 Å². The zero-order chi connectivity index (χ0) is 33.8. The third-order valence-electron chi connectivity index (χ3n) is 9.63. The number of nitriles is 3. The Hall–Kier alpha value is -7.39. The summed E-state index contributed by atoms with van der Waals surface area (Å²) in [5, 5.41) is 34.9. The molecule has 5 heteroatoms. The summed E-state index contributed by atoms with van der Waals surface area (Å²) in [4.78, 5) is 0. The van der Waals surface area contributed by atoms with Crippen molar-refractivity contribution >= 4 is 43.6 Å². The molecule has 2 aromatic heterocycles. The summed E-state index contributed by atoms with van der Waals surface area (Å²) < 4.78 is 4.40. The molecule has 0 unspecified atom stereocenters. The maximum absolute atomic E-state index is 10.6. The first-order chi connectivity index (χ1) is 24.7. The van der Waals surface area contributed by atoms with Crippen LogP contribution < -0.4 is 0 Å². The van der Waals surface area contributed by atoms with Gasteiger partial charge in [-0.25, -0.2) is 0 Å². The minimum atomic E-state index is 0.504. The number of nitrogens with zero attached hydrogens (tertiary/aromatic N) is 5. The Labute approximate surface area is 287 Å². The molecule has 0 spiro atoms. The Morgan fingerprint density at radius 3 is 1.70 bits per heavy atom. The average molecular weight is 636 g/mol. The van der Waals surface area contributed by atoms with Gasteiger partial charge in [-0.15, -0.1) is 0 Å². The molecule has 9 aromatic rings. The Kier molecular flexibility index (Phi) is 6.56. The fourth-order valence-electron chi connectivity index (χ4n) is 7.54. The normalized spacial score (nSPS) is 11.1. The van der Waals surface area contributed by atoms with Crippen LogP contribution >= 0.6 is 0 Å². The minimum absolute atomic E-state index is 0.504. The highest BCUT2D eigenvalue weighted by molar-refractivity contribution is 6.12. The van der Waals surface area contributed by atoms with Gasteiger partial charge in [0.05, 0.1) is 56.6 Å². The van der Waals surface area contributed by atoms with Crippen LogP contribution in [0.3, 0.4) is 0 Å². The highest BCUT2D eigenvalue weighted by Crippen LogP contribution is 2.43. The van der Waals surface area contributed by atoms with Gasteiger partial charge in [-0.05, 0) is 77.9 Å². The number of hydrogen-bond donors (Lipinski definition) is 0. The van der Waals surface area contributed by atoms with Gasteiger partial charge in [0.25, 0.3) is 0 Å². The summed E-state index contributed by atoms with van der Waals surface area (Å²) in [5.41, 5.74) is 10.8. The van der Waals surface area contributed by atoms with E-state index in [1.54, 1.807) is 0 Å². The number of fused-ring (bicyclic) bond motifs is 6. The molecular formula is C45H25N5. The van der Waals surface area contributed by atoms with Gasteiger partial charge in [0.15, 0.2) is 0 Å². The molecule has 0 saturated heterocycles. The number of hydrogen-bond acceptors (Lipinski definition) is 3. The molecule has 0 saturated carbocycles. The Bertz CT molecular complexity index is 2960. The monoisotopic (exact) mass is 635 g/mol. The summed E-state index contributed by atoms with van der Waals surface area (Å²) in [7, 11) is 0. The van der Waals surface area contributed by atoms with Gasteiger partial charge in [0.1, 0.15) is 6.07 Å². The molecule has 50 heavy (non-hydrogen) atoms. The van der Waals surface area contributed by atoms with Crippen molar-refractivity contribution in [2.24, 2.45) is 0 Å². The summed E-state index contributed by atoms with van der Waals surface area (Å²) >= 11 is 0. The van der Waals surface area contributed by atoms with E-state index in [4.69, 9.17) is 0 Å². The van der Waals surface area contributed by atoms with Crippen LogP contribution in [0.1, 0.15) is 16.7 Å². The second-order valence-corrected chi connectivity index (χ2v) is 12.3. The van der Waals surface area contributed by atoms with Crippen LogP contribution in [-0.4, -0.2) is 9.13 Å². The predicted octanol–water partition coefficient (Wildman–Crippen LogP) is 10.8. The summed E-state index contributed by atoms with van der Waals surface area (Å²) in [6.45, 7) is 0. The lowest BCUT2D eigenvalue weighted by Crippen LogP contribution is -2.02. The Morgan fingerprint density at radius 1 is 0.400 bits per heavy atom. The Balaban J connectivity index is 1.35. The lowest BCUT2D eigenvalue weighted by molar-refractivity contribution is 1.17. The van der Waals surface area contributed by atoms with Gasteiger partial charge in [0.2, 0.25) is 0 Å². The van der Waals surface area contributed by atoms with Gasteiger partial charge >= 0.3 is 0 Å². The fraction of sp³-hybridized carbons (Fsp3) is 0.